The van der Waals surface area contributed by atoms with Crippen LogP contribution in [0.25, 0.3) is 0 Å². The van der Waals surface area contributed by atoms with Gasteiger partial charge in [0.05, 0.1) is 12.8 Å². The molecule has 3 rings (SSSR count). The molecule has 0 amide bonds. The van der Waals surface area contributed by atoms with Crippen molar-refractivity contribution in [3.63, 3.8) is 0 Å². The summed E-state index contributed by atoms with van der Waals surface area (Å²) in [6.45, 7) is 1.37. The molecule has 2 atom stereocenters. The number of benzene rings is 2. The molecule has 7 heteroatoms. The summed E-state index contributed by atoms with van der Waals surface area (Å²) in [4.78, 5) is 14.7. The van der Waals surface area contributed by atoms with Crippen LogP contribution in [0.1, 0.15) is 11.1 Å². The van der Waals surface area contributed by atoms with Crippen molar-refractivity contribution in [1.29, 1.82) is 0 Å². The molecule has 6 nitrogen and oxygen atoms in total. The van der Waals surface area contributed by atoms with Crippen molar-refractivity contribution in [1.82, 2.24) is 4.90 Å². The van der Waals surface area contributed by atoms with E-state index in [4.69, 9.17) is 13.8 Å². The van der Waals surface area contributed by atoms with Crippen molar-refractivity contribution in [2.24, 2.45) is 5.92 Å². The Labute approximate surface area is 165 Å². The molecular formula is C21H26NO5P. The minimum absolute atomic E-state index is 0.135. The lowest BCUT2D eigenvalue weighted by atomic mass is 10.0. The molecule has 2 aromatic rings. The van der Waals surface area contributed by atoms with Gasteiger partial charge in [-0.1, -0.05) is 60.7 Å². The second kappa shape index (κ2) is 9.48. The molecule has 0 aromatic heterocycles. The first-order valence-corrected chi connectivity index (χ1v) is 11.0. The molecule has 0 saturated carbocycles. The highest BCUT2D eigenvalue weighted by Crippen LogP contribution is 2.49. The van der Waals surface area contributed by atoms with Crippen LogP contribution in [0.2, 0.25) is 0 Å². The molecule has 0 aliphatic carbocycles. The van der Waals surface area contributed by atoms with Crippen LogP contribution in [0.15, 0.2) is 60.7 Å². The average Bonchev–Trinajstić information content (AvgIpc) is 3.08. The van der Waals surface area contributed by atoms with Gasteiger partial charge in [0, 0.05) is 33.2 Å². The summed E-state index contributed by atoms with van der Waals surface area (Å²) in [6.07, 6.45) is 0.135. The number of esters is 1. The number of ether oxygens (including phenoxy) is 1. The lowest BCUT2D eigenvalue weighted by Crippen LogP contribution is -2.43. The van der Waals surface area contributed by atoms with Gasteiger partial charge < -0.3 is 13.8 Å². The van der Waals surface area contributed by atoms with E-state index in [1.54, 1.807) is 0 Å². The highest BCUT2D eigenvalue weighted by Gasteiger charge is 2.44. The molecule has 0 N–H and O–H groups in total. The van der Waals surface area contributed by atoms with Crippen LogP contribution in [-0.4, -0.2) is 43.9 Å². The molecule has 0 radical (unpaired) electrons. The van der Waals surface area contributed by atoms with E-state index in [0.29, 0.717) is 13.1 Å². The van der Waals surface area contributed by atoms with Gasteiger partial charge in [0.2, 0.25) is 0 Å². The van der Waals surface area contributed by atoms with Crippen LogP contribution >= 0.6 is 7.60 Å². The zero-order valence-electron chi connectivity index (χ0n) is 16.2. The number of hydrogen-bond donors (Lipinski definition) is 0. The summed E-state index contributed by atoms with van der Waals surface area (Å²) in [5.41, 5.74) is 2.19. The maximum atomic E-state index is 12.7. The van der Waals surface area contributed by atoms with Gasteiger partial charge >= 0.3 is 13.6 Å². The van der Waals surface area contributed by atoms with Crippen molar-refractivity contribution in [3.05, 3.63) is 71.8 Å². The zero-order valence-corrected chi connectivity index (χ0v) is 17.1. The van der Waals surface area contributed by atoms with Gasteiger partial charge in [-0.2, -0.15) is 0 Å². The van der Waals surface area contributed by atoms with Crippen LogP contribution in [0, 0.1) is 5.92 Å². The van der Waals surface area contributed by atoms with Gasteiger partial charge in [-0.25, -0.2) is 0 Å². The monoisotopic (exact) mass is 403 g/mol. The van der Waals surface area contributed by atoms with E-state index in [1.165, 1.54) is 14.2 Å². The fourth-order valence-corrected chi connectivity index (χ4v) is 4.88. The molecular weight excluding hydrogens is 377 g/mol. The predicted molar refractivity (Wildman–Crippen MR) is 107 cm³/mol. The quantitative estimate of drug-likeness (QED) is 0.470. The van der Waals surface area contributed by atoms with Gasteiger partial charge in [0.1, 0.15) is 6.04 Å². The Morgan fingerprint density at radius 2 is 1.46 bits per heavy atom. The first-order chi connectivity index (χ1) is 13.5. The molecule has 1 aliphatic heterocycles. The van der Waals surface area contributed by atoms with Crippen molar-refractivity contribution < 1.29 is 23.1 Å². The minimum atomic E-state index is -3.26. The fourth-order valence-electron chi connectivity index (χ4n) is 3.56. The first-order valence-electron chi connectivity index (χ1n) is 9.24. The van der Waals surface area contributed by atoms with E-state index in [1.807, 2.05) is 60.7 Å². The molecule has 150 valence electrons. The number of hydrogen-bond acceptors (Lipinski definition) is 6. The Balaban J connectivity index is 1.87. The smallest absolute Gasteiger partial charge is 0.330 e. The Bertz CT molecular complexity index is 765. The minimum Gasteiger partial charge on any atom is -0.464 e. The second-order valence-electron chi connectivity index (χ2n) is 6.87. The summed E-state index contributed by atoms with van der Waals surface area (Å²) in [7, 11) is -0.530. The second-order valence-corrected chi connectivity index (χ2v) is 9.19. The van der Waals surface area contributed by atoms with E-state index >= 15 is 0 Å². The number of rotatable bonds is 9. The lowest BCUT2D eigenvalue weighted by Gasteiger charge is -2.31. The molecule has 0 spiro atoms. The normalized spacial score (nSPS) is 19.8. The number of carbonyl (C=O) groups is 1. The molecule has 1 aliphatic rings. The summed E-state index contributed by atoms with van der Waals surface area (Å²) in [5.74, 6) is -0.568. The Morgan fingerprint density at radius 1 is 0.964 bits per heavy atom. The van der Waals surface area contributed by atoms with Crippen LogP contribution in [0.5, 0.6) is 0 Å². The van der Waals surface area contributed by atoms with Crippen LogP contribution < -0.4 is 0 Å². The summed E-state index contributed by atoms with van der Waals surface area (Å²) >= 11 is 0. The van der Waals surface area contributed by atoms with Crippen LogP contribution in [0.3, 0.4) is 0 Å². The van der Waals surface area contributed by atoms with Crippen LogP contribution in [-0.2, 0) is 36.2 Å². The Morgan fingerprint density at radius 3 is 1.93 bits per heavy atom. The molecule has 1 heterocycles. The largest absolute Gasteiger partial charge is 0.464 e. The Hall–Kier alpha value is -1.98. The van der Waals surface area contributed by atoms with Gasteiger partial charge in [-0.15, -0.1) is 0 Å². The number of nitrogens with zero attached hydrogens (tertiary/aromatic N) is 1. The fraction of sp³-hybridized carbons (Fsp3) is 0.381. The van der Waals surface area contributed by atoms with E-state index in [-0.39, 0.29) is 24.7 Å². The summed E-state index contributed by atoms with van der Waals surface area (Å²) in [6, 6.07) is 19.4. The first kappa shape index (κ1) is 20.7. The van der Waals surface area contributed by atoms with Gasteiger partial charge in [0.25, 0.3) is 0 Å². The van der Waals surface area contributed by atoms with Crippen LogP contribution in [0.4, 0.5) is 0 Å². The highest BCUT2D eigenvalue weighted by molar-refractivity contribution is 7.53. The third-order valence-corrected chi connectivity index (χ3v) is 7.02. The van der Waals surface area contributed by atoms with Crippen molar-refractivity contribution >= 4 is 13.6 Å². The molecule has 1 fully saturated rings. The Kier molecular flexibility index (Phi) is 7.03. The van der Waals surface area contributed by atoms with E-state index in [0.717, 1.165) is 11.1 Å². The topological polar surface area (TPSA) is 65.1 Å². The highest BCUT2D eigenvalue weighted by atomic mass is 31.2. The van der Waals surface area contributed by atoms with Crippen molar-refractivity contribution in [2.75, 3.05) is 27.0 Å². The molecule has 0 bridgehead atoms. The van der Waals surface area contributed by atoms with E-state index in [9.17, 15) is 9.36 Å². The number of carbonyl (C=O) groups excluding carboxylic acids is 1. The van der Waals surface area contributed by atoms with E-state index in [2.05, 4.69) is 4.90 Å². The third-order valence-electron chi connectivity index (χ3n) is 4.99. The summed E-state index contributed by atoms with van der Waals surface area (Å²) in [5, 5.41) is 0. The maximum Gasteiger partial charge on any atom is 0.330 e. The predicted octanol–water partition coefficient (Wildman–Crippen LogP) is 3.72. The standard InChI is InChI=1S/C21H26NO5P/c1-25-28(24,26-2)16-19-15-27-21(23)20(19)22(13-17-9-5-3-6-10-17)14-18-11-7-4-8-12-18/h3-12,19-20H,13-16H2,1-2H3. The van der Waals surface area contributed by atoms with Crippen molar-refractivity contribution in [3.8, 4) is 0 Å². The van der Waals surface area contributed by atoms with Crippen molar-refractivity contribution in [2.45, 2.75) is 19.1 Å². The lowest BCUT2D eigenvalue weighted by molar-refractivity contribution is -0.142. The molecule has 28 heavy (non-hydrogen) atoms. The average molecular weight is 403 g/mol. The molecule has 2 unspecified atom stereocenters. The zero-order chi connectivity index (χ0) is 20.0. The van der Waals surface area contributed by atoms with Gasteiger partial charge in [0.15, 0.2) is 0 Å². The molecule has 1 saturated heterocycles. The van der Waals surface area contributed by atoms with Gasteiger partial charge in [-0.05, 0) is 11.1 Å². The SMILES string of the molecule is COP(=O)(CC1COC(=O)C1N(Cc1ccccc1)Cc1ccccc1)OC. The molecule has 2 aromatic carbocycles. The van der Waals surface area contributed by atoms with E-state index < -0.39 is 13.6 Å². The number of cyclic esters (lactones) is 1. The third kappa shape index (κ3) is 5.09. The summed E-state index contributed by atoms with van der Waals surface area (Å²) < 4.78 is 28.2. The van der Waals surface area contributed by atoms with Gasteiger partial charge in [-0.3, -0.25) is 14.3 Å². The maximum absolute atomic E-state index is 12.7.